The first-order chi connectivity index (χ1) is 16.5. The van der Waals surface area contributed by atoms with Crippen molar-refractivity contribution < 1.29 is 19.1 Å². The Morgan fingerprint density at radius 1 is 1.03 bits per heavy atom. The molecule has 7 heteroatoms. The molecule has 2 aromatic carbocycles. The number of para-hydroxylation sites is 1. The molecular weight excluding hydrogens is 442 g/mol. The van der Waals surface area contributed by atoms with Gasteiger partial charge in [0.1, 0.15) is 18.2 Å². The Labute approximate surface area is 208 Å². The summed E-state index contributed by atoms with van der Waals surface area (Å²) in [6.07, 6.45) is 1.85. The molecule has 0 bridgehead atoms. The maximum absolute atomic E-state index is 13.8. The molecule has 1 unspecified atom stereocenters. The minimum Gasteiger partial charge on any atom is -0.444 e. The predicted octanol–water partition coefficient (Wildman–Crippen LogP) is 5.06. The van der Waals surface area contributed by atoms with E-state index >= 15 is 0 Å². The van der Waals surface area contributed by atoms with Crippen LogP contribution in [0.25, 0.3) is 0 Å². The average molecular weight is 480 g/mol. The van der Waals surface area contributed by atoms with Gasteiger partial charge in [-0.3, -0.25) is 9.59 Å². The van der Waals surface area contributed by atoms with Gasteiger partial charge in [0.05, 0.1) is 0 Å². The first kappa shape index (κ1) is 26.3. The molecule has 1 fully saturated rings. The second kappa shape index (κ2) is 10.9. The van der Waals surface area contributed by atoms with Crippen LogP contribution in [0.2, 0.25) is 0 Å². The summed E-state index contributed by atoms with van der Waals surface area (Å²) in [7, 11) is 0. The van der Waals surface area contributed by atoms with E-state index in [0.29, 0.717) is 0 Å². The van der Waals surface area contributed by atoms with E-state index in [1.165, 1.54) is 0 Å². The lowest BCUT2D eigenvalue weighted by Gasteiger charge is -2.32. The molecule has 1 saturated carbocycles. The van der Waals surface area contributed by atoms with Gasteiger partial charge in [0.15, 0.2) is 0 Å². The molecule has 0 aromatic heterocycles. The molecule has 1 aliphatic rings. The first-order valence-electron chi connectivity index (χ1n) is 12.2. The summed E-state index contributed by atoms with van der Waals surface area (Å²) in [5.74, 6) is -0.594. The van der Waals surface area contributed by atoms with E-state index < -0.39 is 17.7 Å². The van der Waals surface area contributed by atoms with E-state index in [2.05, 4.69) is 17.6 Å². The fourth-order valence-electron chi connectivity index (χ4n) is 4.04. The standard InChI is InChI=1S/C28H37N3O4/c1-7-20-11-13-21(14-12-20)25(26(33)30-24-18(2)9-8-10-19(24)3)31(22-15-16-22)23(32)17-29-27(34)35-28(4,5)6/h8-14,22,25H,7,15-17H2,1-6H3,(H,29,34)(H,30,33). The molecule has 1 atom stereocenters. The lowest BCUT2D eigenvalue weighted by Crippen LogP contribution is -2.47. The first-order valence-corrected chi connectivity index (χ1v) is 12.2. The van der Waals surface area contributed by atoms with E-state index in [1.54, 1.807) is 25.7 Å². The second-order valence-electron chi connectivity index (χ2n) is 10.1. The summed E-state index contributed by atoms with van der Waals surface area (Å²) in [4.78, 5) is 40.9. The van der Waals surface area contributed by atoms with Crippen molar-refractivity contribution in [3.05, 3.63) is 64.7 Å². The number of aryl methyl sites for hydroxylation is 3. The van der Waals surface area contributed by atoms with E-state index in [0.717, 1.165) is 47.2 Å². The summed E-state index contributed by atoms with van der Waals surface area (Å²) in [5, 5.41) is 5.62. The number of hydrogen-bond acceptors (Lipinski definition) is 4. The third kappa shape index (κ3) is 7.07. The smallest absolute Gasteiger partial charge is 0.408 e. The van der Waals surface area contributed by atoms with Crippen molar-refractivity contribution >= 4 is 23.6 Å². The fraction of sp³-hybridized carbons (Fsp3) is 0.464. The number of nitrogens with one attached hydrogen (secondary N) is 2. The van der Waals surface area contributed by atoms with Crippen LogP contribution in [-0.4, -0.2) is 41.0 Å². The summed E-state index contributed by atoms with van der Waals surface area (Å²) in [6.45, 7) is 11.0. The number of carbonyl (C=O) groups excluding carboxylic acids is 3. The molecule has 3 rings (SSSR count). The van der Waals surface area contributed by atoms with Crippen molar-refractivity contribution in [1.29, 1.82) is 0 Å². The van der Waals surface area contributed by atoms with Gasteiger partial charge in [-0.2, -0.15) is 0 Å². The van der Waals surface area contributed by atoms with Gasteiger partial charge in [0.25, 0.3) is 5.91 Å². The molecule has 3 amide bonds. The van der Waals surface area contributed by atoms with Crippen molar-refractivity contribution in [3.63, 3.8) is 0 Å². The zero-order chi connectivity index (χ0) is 25.8. The number of anilines is 1. The highest BCUT2D eigenvalue weighted by atomic mass is 16.6. The number of ether oxygens (including phenoxy) is 1. The topological polar surface area (TPSA) is 87.7 Å². The van der Waals surface area contributed by atoms with Gasteiger partial charge in [-0.1, -0.05) is 49.4 Å². The van der Waals surface area contributed by atoms with E-state index in [-0.39, 0.29) is 24.4 Å². The van der Waals surface area contributed by atoms with Gasteiger partial charge in [-0.15, -0.1) is 0 Å². The van der Waals surface area contributed by atoms with E-state index in [9.17, 15) is 14.4 Å². The normalized spacial score (nSPS) is 14.1. The van der Waals surface area contributed by atoms with Gasteiger partial charge in [0, 0.05) is 11.7 Å². The van der Waals surface area contributed by atoms with Gasteiger partial charge in [-0.25, -0.2) is 4.79 Å². The Morgan fingerprint density at radius 2 is 1.63 bits per heavy atom. The van der Waals surface area contributed by atoms with E-state index in [4.69, 9.17) is 4.74 Å². The van der Waals surface area contributed by atoms with Gasteiger partial charge in [-0.05, 0) is 76.1 Å². The zero-order valence-corrected chi connectivity index (χ0v) is 21.6. The Bertz CT molecular complexity index is 1050. The molecule has 0 heterocycles. The minimum atomic E-state index is -0.819. The summed E-state index contributed by atoms with van der Waals surface area (Å²) < 4.78 is 5.27. The third-order valence-corrected chi connectivity index (χ3v) is 5.97. The number of hydrogen-bond donors (Lipinski definition) is 2. The third-order valence-electron chi connectivity index (χ3n) is 5.97. The fourth-order valence-corrected chi connectivity index (χ4v) is 4.04. The number of nitrogens with zero attached hydrogens (tertiary/aromatic N) is 1. The Morgan fingerprint density at radius 3 is 2.14 bits per heavy atom. The van der Waals surface area contributed by atoms with E-state index in [1.807, 2.05) is 56.3 Å². The molecule has 2 N–H and O–H groups in total. The van der Waals surface area contributed by atoms with Crippen LogP contribution in [0.15, 0.2) is 42.5 Å². The van der Waals surface area contributed by atoms with Crippen molar-refractivity contribution in [1.82, 2.24) is 10.2 Å². The number of carbonyl (C=O) groups is 3. The highest BCUT2D eigenvalue weighted by Gasteiger charge is 2.41. The van der Waals surface area contributed by atoms with Crippen LogP contribution in [0, 0.1) is 13.8 Å². The summed E-state index contributed by atoms with van der Waals surface area (Å²) in [6, 6.07) is 12.8. The molecule has 0 radical (unpaired) electrons. The van der Waals surface area contributed by atoms with Gasteiger partial charge >= 0.3 is 6.09 Å². The van der Waals surface area contributed by atoms with Crippen LogP contribution in [0.3, 0.4) is 0 Å². The molecule has 0 saturated heterocycles. The Kier molecular flexibility index (Phi) is 8.20. The summed E-state index contributed by atoms with van der Waals surface area (Å²) >= 11 is 0. The Balaban J connectivity index is 1.90. The quantitative estimate of drug-likeness (QED) is 0.554. The van der Waals surface area contributed by atoms with Crippen LogP contribution >= 0.6 is 0 Å². The summed E-state index contributed by atoms with van der Waals surface area (Å²) in [5.41, 5.74) is 3.88. The van der Waals surface area contributed by atoms with Crippen molar-refractivity contribution in [2.45, 2.75) is 78.5 Å². The predicted molar refractivity (Wildman–Crippen MR) is 137 cm³/mol. The van der Waals surface area contributed by atoms with Gasteiger partial charge < -0.3 is 20.3 Å². The molecule has 2 aromatic rings. The lowest BCUT2D eigenvalue weighted by molar-refractivity contribution is -0.138. The number of alkyl carbamates (subject to hydrolysis) is 1. The van der Waals surface area contributed by atoms with Crippen LogP contribution in [0.5, 0.6) is 0 Å². The van der Waals surface area contributed by atoms with Crippen molar-refractivity contribution in [2.24, 2.45) is 0 Å². The van der Waals surface area contributed by atoms with Crippen LogP contribution < -0.4 is 10.6 Å². The second-order valence-corrected chi connectivity index (χ2v) is 10.1. The molecule has 35 heavy (non-hydrogen) atoms. The molecule has 0 spiro atoms. The maximum atomic E-state index is 13.8. The molecule has 0 aliphatic heterocycles. The van der Waals surface area contributed by atoms with Gasteiger partial charge in [0.2, 0.25) is 5.91 Å². The zero-order valence-electron chi connectivity index (χ0n) is 21.6. The molecule has 1 aliphatic carbocycles. The van der Waals surface area contributed by atoms with Crippen molar-refractivity contribution in [2.75, 3.05) is 11.9 Å². The number of amides is 3. The van der Waals surface area contributed by atoms with Crippen LogP contribution in [-0.2, 0) is 20.7 Å². The highest BCUT2D eigenvalue weighted by molar-refractivity contribution is 5.99. The largest absolute Gasteiger partial charge is 0.444 e. The maximum Gasteiger partial charge on any atom is 0.408 e. The molecule has 188 valence electrons. The monoisotopic (exact) mass is 479 g/mol. The molecule has 7 nitrogen and oxygen atoms in total. The van der Waals surface area contributed by atoms with Crippen molar-refractivity contribution in [3.8, 4) is 0 Å². The highest BCUT2D eigenvalue weighted by Crippen LogP contribution is 2.36. The van der Waals surface area contributed by atoms with Crippen LogP contribution in [0.1, 0.15) is 68.8 Å². The van der Waals surface area contributed by atoms with Crippen LogP contribution in [0.4, 0.5) is 10.5 Å². The minimum absolute atomic E-state index is 0.0532. The number of benzene rings is 2. The molecular formula is C28H37N3O4. The average Bonchev–Trinajstić information content (AvgIpc) is 3.62. The lowest BCUT2D eigenvalue weighted by atomic mass is 10.0. The Hall–Kier alpha value is -3.35. The number of rotatable bonds is 8. The SMILES string of the molecule is CCc1ccc(C(C(=O)Nc2c(C)cccc2C)N(C(=O)CNC(=O)OC(C)(C)C)C2CC2)cc1.